The zero-order chi connectivity index (χ0) is 12.1. The van der Waals surface area contributed by atoms with Crippen LogP contribution in [0.4, 0.5) is 0 Å². The minimum absolute atomic E-state index is 0.564. The van der Waals surface area contributed by atoms with Gasteiger partial charge in [-0.1, -0.05) is 38.7 Å². The van der Waals surface area contributed by atoms with Crippen molar-refractivity contribution in [1.82, 2.24) is 5.32 Å². The highest BCUT2D eigenvalue weighted by Gasteiger charge is 2.18. The Kier molecular flexibility index (Phi) is 4.37. The van der Waals surface area contributed by atoms with Gasteiger partial charge in [0.15, 0.2) is 0 Å². The molecule has 1 fully saturated rings. The fraction of sp³-hybridized carbons (Fsp3) is 0.643. The van der Waals surface area contributed by atoms with Crippen LogP contribution in [-0.2, 0) is 4.74 Å². The molecule has 3 nitrogen and oxygen atoms in total. The molecule has 0 unspecified atom stereocenters. The van der Waals surface area contributed by atoms with E-state index in [0.717, 1.165) is 29.6 Å². The van der Waals surface area contributed by atoms with Gasteiger partial charge in [-0.3, -0.25) is 0 Å². The molecule has 1 saturated carbocycles. The van der Waals surface area contributed by atoms with Gasteiger partial charge in [0.1, 0.15) is 5.84 Å². The van der Waals surface area contributed by atoms with Gasteiger partial charge in [-0.2, -0.15) is 0 Å². The average molecular weight is 234 g/mol. The van der Waals surface area contributed by atoms with E-state index in [4.69, 9.17) is 4.74 Å². The van der Waals surface area contributed by atoms with Crippen LogP contribution in [0.1, 0.15) is 38.5 Å². The number of methoxy groups -OCH3 is 1. The molecule has 0 aromatic rings. The van der Waals surface area contributed by atoms with Crippen molar-refractivity contribution in [2.24, 2.45) is 10.9 Å². The predicted molar refractivity (Wildman–Crippen MR) is 70.9 cm³/mol. The number of hydrogen-bond donors (Lipinski definition) is 1. The third-order valence-electron chi connectivity index (χ3n) is 3.42. The lowest BCUT2D eigenvalue weighted by atomic mass is 9.86. The third-order valence-corrected chi connectivity index (χ3v) is 3.42. The van der Waals surface area contributed by atoms with Crippen LogP contribution >= 0.6 is 0 Å². The second-order valence-corrected chi connectivity index (χ2v) is 4.99. The normalized spacial score (nSPS) is 21.8. The summed E-state index contributed by atoms with van der Waals surface area (Å²) in [6.07, 6.45) is 9.85. The van der Waals surface area contributed by atoms with Crippen molar-refractivity contribution in [2.75, 3.05) is 13.7 Å². The smallest absolute Gasteiger partial charge is 0.107 e. The summed E-state index contributed by atoms with van der Waals surface area (Å²) in [6, 6.07) is 0. The molecular weight excluding hydrogens is 212 g/mol. The maximum absolute atomic E-state index is 5.12. The third kappa shape index (κ3) is 3.70. The molecule has 94 valence electrons. The topological polar surface area (TPSA) is 33.6 Å². The van der Waals surface area contributed by atoms with Crippen molar-refractivity contribution in [3.8, 4) is 0 Å². The second-order valence-electron chi connectivity index (χ2n) is 4.99. The van der Waals surface area contributed by atoms with Crippen LogP contribution in [-0.4, -0.2) is 19.6 Å². The van der Waals surface area contributed by atoms with Crippen LogP contribution in [0.3, 0.4) is 0 Å². The Bertz CT molecular complexity index is 338. The molecule has 2 aliphatic rings. The zero-order valence-corrected chi connectivity index (χ0v) is 10.7. The average Bonchev–Trinajstić information content (AvgIpc) is 2.30. The summed E-state index contributed by atoms with van der Waals surface area (Å²) >= 11 is 0. The molecule has 1 N–H and O–H groups in total. The molecule has 0 amide bonds. The van der Waals surface area contributed by atoms with Gasteiger partial charge in [-0.25, -0.2) is 4.99 Å². The maximum atomic E-state index is 5.12. The second kappa shape index (κ2) is 6.01. The highest BCUT2D eigenvalue weighted by Crippen LogP contribution is 2.27. The molecule has 0 aromatic heterocycles. The van der Waals surface area contributed by atoms with Crippen molar-refractivity contribution in [3.05, 3.63) is 24.0 Å². The lowest BCUT2D eigenvalue weighted by Crippen LogP contribution is -2.28. The van der Waals surface area contributed by atoms with E-state index in [1.807, 2.05) is 6.08 Å². The van der Waals surface area contributed by atoms with Crippen LogP contribution < -0.4 is 5.32 Å². The van der Waals surface area contributed by atoms with Gasteiger partial charge < -0.3 is 10.1 Å². The highest BCUT2D eigenvalue weighted by molar-refractivity contribution is 5.86. The number of hydrogen-bond acceptors (Lipinski definition) is 3. The van der Waals surface area contributed by atoms with Gasteiger partial charge in [-0.05, 0) is 12.0 Å². The number of ether oxygens (including phenoxy) is 1. The van der Waals surface area contributed by atoms with Crippen molar-refractivity contribution >= 4 is 5.84 Å². The van der Waals surface area contributed by atoms with Gasteiger partial charge in [-0.15, -0.1) is 0 Å². The Morgan fingerprint density at radius 2 is 2.18 bits per heavy atom. The van der Waals surface area contributed by atoms with Gasteiger partial charge in [0.25, 0.3) is 0 Å². The fourth-order valence-corrected chi connectivity index (χ4v) is 2.64. The first kappa shape index (κ1) is 12.4. The minimum atomic E-state index is 0.564. The van der Waals surface area contributed by atoms with Crippen LogP contribution in [0, 0.1) is 5.92 Å². The summed E-state index contributed by atoms with van der Waals surface area (Å²) in [6.45, 7) is 4.53. The van der Waals surface area contributed by atoms with Gasteiger partial charge in [0, 0.05) is 19.2 Å². The SMILES string of the molecule is C=C1C=C(COC)N=C(CC2CCCCC2)N1. The van der Waals surface area contributed by atoms with E-state index in [2.05, 4.69) is 16.9 Å². The minimum Gasteiger partial charge on any atom is -0.378 e. The molecule has 0 atom stereocenters. The van der Waals surface area contributed by atoms with Crippen molar-refractivity contribution < 1.29 is 4.74 Å². The van der Waals surface area contributed by atoms with E-state index in [1.54, 1.807) is 7.11 Å². The van der Waals surface area contributed by atoms with Crippen molar-refractivity contribution in [3.63, 3.8) is 0 Å². The van der Waals surface area contributed by atoms with Crippen LogP contribution in [0.2, 0.25) is 0 Å². The number of nitrogens with zero attached hydrogens (tertiary/aromatic N) is 1. The van der Waals surface area contributed by atoms with E-state index in [9.17, 15) is 0 Å². The Hall–Kier alpha value is -1.09. The number of nitrogens with one attached hydrogen (secondary N) is 1. The zero-order valence-electron chi connectivity index (χ0n) is 10.7. The molecule has 0 bridgehead atoms. The molecule has 17 heavy (non-hydrogen) atoms. The van der Waals surface area contributed by atoms with Crippen molar-refractivity contribution in [1.29, 1.82) is 0 Å². The van der Waals surface area contributed by atoms with Gasteiger partial charge in [0.05, 0.1) is 12.3 Å². The quantitative estimate of drug-likeness (QED) is 0.811. The Morgan fingerprint density at radius 3 is 2.88 bits per heavy atom. The van der Waals surface area contributed by atoms with Gasteiger partial charge in [0.2, 0.25) is 0 Å². The summed E-state index contributed by atoms with van der Waals surface area (Å²) in [7, 11) is 1.70. The number of aliphatic imine (C=N–C) groups is 1. The summed E-state index contributed by atoms with van der Waals surface area (Å²) in [5.41, 5.74) is 1.90. The molecule has 1 heterocycles. The Morgan fingerprint density at radius 1 is 1.41 bits per heavy atom. The van der Waals surface area contributed by atoms with Crippen LogP contribution in [0.25, 0.3) is 0 Å². The van der Waals surface area contributed by atoms with Crippen molar-refractivity contribution in [2.45, 2.75) is 38.5 Å². The van der Waals surface area contributed by atoms with E-state index in [-0.39, 0.29) is 0 Å². The maximum Gasteiger partial charge on any atom is 0.107 e. The predicted octanol–water partition coefficient (Wildman–Crippen LogP) is 3.00. The summed E-state index contributed by atoms with van der Waals surface area (Å²) in [4.78, 5) is 4.60. The lowest BCUT2D eigenvalue weighted by Gasteiger charge is -2.24. The standard InChI is InChI=1S/C14H22N2O/c1-11-8-13(10-17-2)16-14(15-11)9-12-6-4-3-5-7-12/h8,12H,1,3-7,9-10H2,2H3,(H,15,16). The lowest BCUT2D eigenvalue weighted by molar-refractivity contribution is 0.224. The molecular formula is C14H22N2O. The fourth-order valence-electron chi connectivity index (χ4n) is 2.64. The molecule has 0 spiro atoms. The summed E-state index contributed by atoms with van der Waals surface area (Å²) in [5.74, 6) is 1.86. The van der Waals surface area contributed by atoms with E-state index in [0.29, 0.717) is 6.61 Å². The highest BCUT2D eigenvalue weighted by atomic mass is 16.5. The Balaban J connectivity index is 1.95. The molecule has 3 heteroatoms. The van der Waals surface area contributed by atoms with Gasteiger partial charge >= 0.3 is 0 Å². The molecule has 2 rings (SSSR count). The number of allylic oxidation sites excluding steroid dienone is 1. The molecule has 1 aliphatic heterocycles. The molecule has 1 aliphatic carbocycles. The first-order chi connectivity index (χ1) is 8.28. The monoisotopic (exact) mass is 234 g/mol. The first-order valence-corrected chi connectivity index (χ1v) is 6.51. The largest absolute Gasteiger partial charge is 0.378 e. The summed E-state index contributed by atoms with van der Waals surface area (Å²) in [5, 5.41) is 3.28. The number of rotatable bonds is 4. The van der Waals surface area contributed by atoms with E-state index in [1.165, 1.54) is 32.1 Å². The number of amidine groups is 1. The first-order valence-electron chi connectivity index (χ1n) is 6.51. The molecule has 0 saturated heterocycles. The van der Waals surface area contributed by atoms with Crippen LogP contribution in [0.15, 0.2) is 29.0 Å². The van der Waals surface area contributed by atoms with E-state index >= 15 is 0 Å². The van der Waals surface area contributed by atoms with Crippen LogP contribution in [0.5, 0.6) is 0 Å². The van der Waals surface area contributed by atoms with E-state index < -0.39 is 0 Å². The molecule has 0 aromatic carbocycles. The molecule has 0 radical (unpaired) electrons. The Labute approximate surface area is 104 Å². The summed E-state index contributed by atoms with van der Waals surface area (Å²) < 4.78 is 5.12.